The summed E-state index contributed by atoms with van der Waals surface area (Å²) in [4.78, 5) is 0. The van der Waals surface area contributed by atoms with Crippen LogP contribution in [0, 0.1) is 77.9 Å². The van der Waals surface area contributed by atoms with Crippen LogP contribution in [0.25, 0.3) is 22.3 Å². The monoisotopic (exact) mass is 1630 g/mol. The predicted octanol–water partition coefficient (Wildman–Crippen LogP) is 30.1. The maximum Gasteiger partial charge on any atom is 0.115 e. The molecule has 18 saturated carbocycles. The number of phenolic OH excluding ortho intramolecular Hbond substituents is 2. The Morgan fingerprint density at radius 3 is 0.912 bits per heavy atom. The van der Waals surface area contributed by atoms with Gasteiger partial charge in [-0.05, 0) is 415 Å². The van der Waals surface area contributed by atoms with Gasteiger partial charge in [0.05, 0.1) is 0 Å². The maximum absolute atomic E-state index is 9.44. The first-order valence-corrected chi connectivity index (χ1v) is 46.7. The summed E-state index contributed by atoms with van der Waals surface area (Å²) in [6.45, 7) is 2.20. The zero-order chi connectivity index (χ0) is 76.9. The molecule has 0 heterocycles. The fraction of sp³-hybridized carbons (Fsp3) is 0.495. The molecule has 0 saturated heterocycles. The van der Waals surface area contributed by atoms with Gasteiger partial charge in [-0.1, -0.05) is 228 Å². The van der Waals surface area contributed by atoms with Crippen molar-refractivity contribution in [2.45, 2.75) is 258 Å². The molecule has 4 nitrogen and oxygen atoms in total. The summed E-state index contributed by atoms with van der Waals surface area (Å²) in [6.07, 6.45) is 49.8. The molecule has 9 aromatic rings. The second-order valence-electron chi connectivity index (χ2n) is 39.5. The van der Waals surface area contributed by atoms with Crippen LogP contribution in [0.15, 0.2) is 235 Å². The Bertz CT molecular complexity index is 4220. The molecule has 0 spiro atoms. The third kappa shape index (κ3) is 19.2. The van der Waals surface area contributed by atoms with E-state index < -0.39 is 0 Å². The number of nitrogens with two attached hydrogens (primary N) is 1. The van der Waals surface area contributed by atoms with Gasteiger partial charge in [-0.3, -0.25) is 0 Å². The van der Waals surface area contributed by atoms with Crippen LogP contribution in [0.1, 0.15) is 264 Å². The Labute approximate surface area is 695 Å². The summed E-state index contributed by atoms with van der Waals surface area (Å²) in [7, 11) is 0. The normalized spacial score (nSPS) is 31.9. The van der Waals surface area contributed by atoms with Crippen LogP contribution in [0.3, 0.4) is 0 Å². The van der Waals surface area contributed by atoms with Crippen molar-refractivity contribution < 1.29 is 10.2 Å². The number of halogens is 2. The highest BCUT2D eigenvalue weighted by Crippen LogP contribution is 2.64. The van der Waals surface area contributed by atoms with E-state index in [1.807, 2.05) is 42.5 Å². The van der Waals surface area contributed by atoms with Crippen LogP contribution < -0.4 is 11.1 Å². The van der Waals surface area contributed by atoms with E-state index in [1.165, 1.54) is 236 Å². The number of aryl methyl sites for hydroxylation is 1. The molecular weight excluding hydrogens is 1500 g/mol. The minimum absolute atomic E-state index is 0.322. The number of hydrogen-bond acceptors (Lipinski definition) is 4. The summed E-state index contributed by atoms with van der Waals surface area (Å²) in [6, 6.07) is 80.9. The third-order valence-electron chi connectivity index (χ3n) is 30.9. The molecule has 9 aromatic carbocycles. The number of nitrogens with one attached hydrogen (secondary N) is 1. The SMILES string of the molecule is BrC12CC3CC(CC(C3)C1)C2.Brc1cc(-c2ccccc2)cc(-c2ccccc2)c1.Cc1ccc(C23CC4CC(CC(C4)C2)C3)cc1.Nc1ccc(C2CCCCC2)cc1.Oc1ccc(C23CC4CC(CC(C4)C2)C3)cc1.Oc1ccccc1.c1cc(C2CCCCC2)ccc1Nc1ccc(C23CC4CC(CC(C4)C2)C3)cc1. The van der Waals surface area contributed by atoms with Crippen LogP contribution in [0.2, 0.25) is 0 Å². The highest BCUT2D eigenvalue weighted by molar-refractivity contribution is 9.10. The van der Waals surface area contributed by atoms with Crippen molar-refractivity contribution in [3.05, 3.63) is 268 Å². The second-order valence-corrected chi connectivity index (χ2v) is 42.1. The van der Waals surface area contributed by atoms with E-state index in [1.54, 1.807) is 73.9 Å². The van der Waals surface area contributed by atoms with Crippen molar-refractivity contribution in [3.8, 4) is 33.8 Å². The van der Waals surface area contributed by atoms with E-state index in [0.29, 0.717) is 32.1 Å². The highest BCUT2D eigenvalue weighted by atomic mass is 79.9. The van der Waals surface area contributed by atoms with Crippen LogP contribution in [-0.4, -0.2) is 14.5 Å². The van der Waals surface area contributed by atoms with Crippen molar-refractivity contribution in [1.82, 2.24) is 0 Å². The van der Waals surface area contributed by atoms with Crippen LogP contribution in [-0.2, 0) is 16.2 Å². The first-order chi connectivity index (χ1) is 55.0. The summed E-state index contributed by atoms with van der Waals surface area (Å²) in [5.74, 6) is 14.8. The molecule has 5 N–H and O–H groups in total. The van der Waals surface area contributed by atoms with Crippen molar-refractivity contribution in [2.75, 3.05) is 11.1 Å². The molecule has 113 heavy (non-hydrogen) atoms. The lowest BCUT2D eigenvalue weighted by Crippen LogP contribution is -2.48. The molecule has 0 radical (unpaired) electrons. The van der Waals surface area contributed by atoms with Gasteiger partial charge in [0.1, 0.15) is 11.5 Å². The first-order valence-electron chi connectivity index (χ1n) is 45.1. The lowest BCUT2D eigenvalue weighted by atomic mass is 9.48. The van der Waals surface area contributed by atoms with Crippen LogP contribution in [0.4, 0.5) is 17.1 Å². The molecule has 0 unspecified atom stereocenters. The number of anilines is 3. The lowest BCUT2D eigenvalue weighted by Gasteiger charge is -2.57. The van der Waals surface area contributed by atoms with Gasteiger partial charge in [-0.15, -0.1) is 0 Å². The predicted molar refractivity (Wildman–Crippen MR) is 480 cm³/mol. The van der Waals surface area contributed by atoms with Crippen LogP contribution >= 0.6 is 31.9 Å². The number of benzene rings is 9. The van der Waals surface area contributed by atoms with E-state index in [4.69, 9.17) is 10.8 Å². The average Bonchev–Trinajstić information content (AvgIpc) is 0.745. The summed E-state index contributed by atoms with van der Waals surface area (Å²) < 4.78 is 1.72. The van der Waals surface area contributed by atoms with Gasteiger partial charge in [0.2, 0.25) is 0 Å². The van der Waals surface area contributed by atoms with Gasteiger partial charge in [0.25, 0.3) is 0 Å². The topological polar surface area (TPSA) is 78.5 Å². The number of hydrogen-bond donors (Lipinski definition) is 4. The number of phenols is 2. The Kier molecular flexibility index (Phi) is 24.5. The van der Waals surface area contributed by atoms with Crippen LogP contribution in [0.5, 0.6) is 11.5 Å². The van der Waals surface area contributed by atoms with Crippen molar-refractivity contribution in [1.29, 1.82) is 0 Å². The molecule has 6 heteroatoms. The van der Waals surface area contributed by atoms with Gasteiger partial charge >= 0.3 is 0 Å². The first kappa shape index (κ1) is 78.7. The molecule has 18 fully saturated rings. The quantitative estimate of drug-likeness (QED) is 0.0858. The second kappa shape index (κ2) is 35.1. The van der Waals surface area contributed by atoms with E-state index in [0.717, 1.165) is 93.0 Å². The summed E-state index contributed by atoms with van der Waals surface area (Å²) in [5.41, 5.74) is 24.7. The van der Waals surface area contributed by atoms with Crippen molar-refractivity contribution in [2.24, 2.45) is 71.0 Å². The summed E-state index contributed by atoms with van der Waals surface area (Å²) in [5, 5.41) is 21.7. The molecule has 16 bridgehead atoms. The van der Waals surface area contributed by atoms with Gasteiger partial charge in [0, 0.05) is 25.9 Å². The van der Waals surface area contributed by atoms with E-state index in [-0.39, 0.29) is 0 Å². The minimum atomic E-state index is 0.322. The van der Waals surface area contributed by atoms with E-state index in [9.17, 15) is 5.11 Å². The molecule has 18 aliphatic rings. The number of nitrogen functional groups attached to an aromatic ring is 1. The number of alkyl halides is 1. The van der Waals surface area contributed by atoms with Gasteiger partial charge in [0.15, 0.2) is 0 Å². The van der Waals surface area contributed by atoms with Crippen molar-refractivity contribution in [3.63, 3.8) is 0 Å². The van der Waals surface area contributed by atoms with Gasteiger partial charge in [-0.2, -0.15) is 0 Å². The maximum atomic E-state index is 9.44. The smallest absolute Gasteiger partial charge is 0.115 e. The number of aromatic hydroxyl groups is 2. The summed E-state index contributed by atoms with van der Waals surface area (Å²) >= 11 is 7.56. The Morgan fingerprint density at radius 2 is 0.593 bits per heavy atom. The molecule has 18 aliphatic carbocycles. The number of rotatable bonds is 9. The molecule has 0 aliphatic heterocycles. The van der Waals surface area contributed by atoms with E-state index >= 15 is 0 Å². The molecule has 0 amide bonds. The van der Waals surface area contributed by atoms with Gasteiger partial charge < -0.3 is 21.3 Å². The molecule has 592 valence electrons. The highest BCUT2D eigenvalue weighted by Gasteiger charge is 2.55. The molecular formula is C107H128Br2N2O2. The average molecular weight is 1630 g/mol. The third-order valence-corrected chi connectivity index (χ3v) is 32.3. The zero-order valence-electron chi connectivity index (χ0n) is 67.8. The lowest BCUT2D eigenvalue weighted by molar-refractivity contribution is -0.00532. The fourth-order valence-electron chi connectivity index (χ4n) is 27.3. The fourth-order valence-corrected chi connectivity index (χ4v) is 29.2. The Balaban J connectivity index is 0.0000000988. The van der Waals surface area contributed by atoms with Crippen molar-refractivity contribution >= 4 is 48.9 Å². The standard InChI is InChI=1S/C28H35N.C18H13Br.C17H22.C16H20O.C12H17N.C10H15Br.C6H6O/c1-2-4-23(5-3-1)24-6-10-26(11-7-24)29-27-12-8-25(9-13-27)28-17-20-14-21(18-28)16-22(15-20)19-28;19-18-12-16(14-7-3-1-4-8-14)11-17(13-18)15-9-5-2-6-10-15;1-12-2-4-16(5-3-12)17-9-13-6-14(10-17)8-15(7-13)11-17;17-15-3-1-14(2-4-15)16-8-11-5-12(9-16)7-13(6-11)10-16;13-12-8-6-11(7-9-12)10-4-2-1-3-5-10;11-10-4-7-1-8(5-10)3-9(2-7)6-10;7-6-4-2-1-3-5-6/h6-13,20-23,29H,1-5,14-19H2;1-13H;2-5,13-15H,6-11H2,1H3;1-4,11-13,17H,5-10H2;6-10H,1-5,13H2;7-9H,1-6H2;1-5,7H. The minimum Gasteiger partial charge on any atom is -0.508 e. The van der Waals surface area contributed by atoms with Gasteiger partial charge in [-0.25, -0.2) is 0 Å². The zero-order valence-corrected chi connectivity index (χ0v) is 71.0. The Hall–Kier alpha value is -6.86. The van der Waals surface area contributed by atoms with E-state index in [2.05, 4.69) is 208 Å². The largest absolute Gasteiger partial charge is 0.508 e. The molecule has 0 atom stereocenters. The Morgan fingerprint density at radius 1 is 0.310 bits per heavy atom. The molecule has 0 aromatic heterocycles. The molecule has 27 rings (SSSR count). The number of para-hydroxylation sites is 1.